The molecule has 2 aromatic heterocycles. The first-order chi connectivity index (χ1) is 10.2. The predicted molar refractivity (Wildman–Crippen MR) is 75.3 cm³/mol. The summed E-state index contributed by atoms with van der Waals surface area (Å²) < 4.78 is 15.7. The number of anilines is 1. The van der Waals surface area contributed by atoms with Gasteiger partial charge in [-0.25, -0.2) is 9.37 Å². The smallest absolute Gasteiger partial charge is 0.254 e. The fraction of sp³-hybridized carbons (Fsp3) is 0.385. The summed E-state index contributed by atoms with van der Waals surface area (Å²) in [6.07, 6.45) is 5.49. The van der Waals surface area contributed by atoms with E-state index in [1.54, 1.807) is 17.1 Å². The van der Waals surface area contributed by atoms with E-state index >= 15 is 0 Å². The third-order valence-electron chi connectivity index (χ3n) is 2.77. The molecule has 0 aliphatic rings. The second-order valence-electron chi connectivity index (χ2n) is 4.37. The maximum atomic E-state index is 14.1. The van der Waals surface area contributed by atoms with Crippen molar-refractivity contribution in [3.8, 4) is 0 Å². The molecule has 8 heteroatoms. The fourth-order valence-electron chi connectivity index (χ4n) is 1.72. The average molecular weight is 292 g/mol. The molecule has 2 rings (SSSR count). The van der Waals surface area contributed by atoms with Gasteiger partial charge in [-0.3, -0.25) is 9.48 Å². The summed E-state index contributed by atoms with van der Waals surface area (Å²) in [5, 5.41) is 12.9. The minimum atomic E-state index is -0.635. The van der Waals surface area contributed by atoms with Crippen LogP contribution in [0.3, 0.4) is 0 Å². The number of aromatic nitrogens is 4. The highest BCUT2D eigenvalue weighted by molar-refractivity contribution is 5.95. The molecule has 7 nitrogen and oxygen atoms in total. The fourth-order valence-corrected chi connectivity index (χ4v) is 1.72. The zero-order valence-corrected chi connectivity index (χ0v) is 11.7. The SMILES string of the molecule is CCCNc1nccc(C(=O)NCCn2ccnn2)c1F. The lowest BCUT2D eigenvalue weighted by atomic mass is 10.2. The second-order valence-corrected chi connectivity index (χ2v) is 4.37. The van der Waals surface area contributed by atoms with Crippen molar-refractivity contribution in [1.29, 1.82) is 0 Å². The lowest BCUT2D eigenvalue weighted by molar-refractivity contribution is 0.0947. The van der Waals surface area contributed by atoms with Gasteiger partial charge >= 0.3 is 0 Å². The number of amides is 1. The van der Waals surface area contributed by atoms with Crippen LogP contribution in [0.4, 0.5) is 10.2 Å². The molecule has 0 unspecified atom stereocenters. The average Bonchev–Trinajstić information content (AvgIpc) is 2.99. The molecule has 0 fully saturated rings. The van der Waals surface area contributed by atoms with Crippen LogP contribution in [-0.4, -0.2) is 39.0 Å². The van der Waals surface area contributed by atoms with Gasteiger partial charge < -0.3 is 10.6 Å². The molecule has 0 saturated heterocycles. The Morgan fingerprint density at radius 3 is 2.95 bits per heavy atom. The Morgan fingerprint density at radius 2 is 2.24 bits per heavy atom. The van der Waals surface area contributed by atoms with Gasteiger partial charge in [0.15, 0.2) is 11.6 Å². The van der Waals surface area contributed by atoms with Crippen molar-refractivity contribution in [2.75, 3.05) is 18.4 Å². The predicted octanol–water partition coefficient (Wildman–Crippen LogP) is 1.06. The van der Waals surface area contributed by atoms with Gasteiger partial charge in [0.05, 0.1) is 18.3 Å². The molecule has 1 amide bonds. The number of nitrogens with zero attached hydrogens (tertiary/aromatic N) is 4. The van der Waals surface area contributed by atoms with Crippen molar-refractivity contribution in [1.82, 2.24) is 25.3 Å². The maximum absolute atomic E-state index is 14.1. The molecule has 112 valence electrons. The van der Waals surface area contributed by atoms with E-state index in [1.807, 2.05) is 6.92 Å². The van der Waals surface area contributed by atoms with Crippen LogP contribution in [-0.2, 0) is 6.54 Å². The lowest BCUT2D eigenvalue weighted by Gasteiger charge is -2.09. The van der Waals surface area contributed by atoms with Crippen LogP contribution < -0.4 is 10.6 Å². The van der Waals surface area contributed by atoms with Gasteiger partial charge in [-0.1, -0.05) is 12.1 Å². The summed E-state index contributed by atoms with van der Waals surface area (Å²) in [5.74, 6) is -1.01. The summed E-state index contributed by atoms with van der Waals surface area (Å²) >= 11 is 0. The molecule has 0 aliphatic carbocycles. The first-order valence-electron chi connectivity index (χ1n) is 6.73. The molecular weight excluding hydrogens is 275 g/mol. The molecule has 2 heterocycles. The van der Waals surface area contributed by atoms with Gasteiger partial charge in [-0.15, -0.1) is 5.10 Å². The highest BCUT2D eigenvalue weighted by Crippen LogP contribution is 2.14. The molecule has 0 aliphatic heterocycles. The Kier molecular flexibility index (Phi) is 5.19. The van der Waals surface area contributed by atoms with Crippen LogP contribution in [0, 0.1) is 5.82 Å². The Hall–Kier alpha value is -2.51. The number of halogens is 1. The number of carbonyl (C=O) groups excluding carboxylic acids is 1. The van der Waals surface area contributed by atoms with E-state index in [1.165, 1.54) is 12.3 Å². The second kappa shape index (κ2) is 7.32. The topological polar surface area (TPSA) is 84.7 Å². The van der Waals surface area contributed by atoms with Gasteiger partial charge in [0, 0.05) is 25.5 Å². The minimum Gasteiger partial charge on any atom is -0.368 e. The van der Waals surface area contributed by atoms with Crippen molar-refractivity contribution >= 4 is 11.7 Å². The first kappa shape index (κ1) is 14.9. The van der Waals surface area contributed by atoms with Gasteiger partial charge in [0.1, 0.15) is 0 Å². The van der Waals surface area contributed by atoms with E-state index in [-0.39, 0.29) is 11.4 Å². The third-order valence-corrected chi connectivity index (χ3v) is 2.77. The summed E-state index contributed by atoms with van der Waals surface area (Å²) in [6, 6.07) is 1.36. The van der Waals surface area contributed by atoms with Gasteiger partial charge in [-0.05, 0) is 12.5 Å². The van der Waals surface area contributed by atoms with Crippen molar-refractivity contribution in [3.63, 3.8) is 0 Å². The van der Waals surface area contributed by atoms with Crippen molar-refractivity contribution in [3.05, 3.63) is 36.0 Å². The molecule has 0 aromatic carbocycles. The Labute approximate surface area is 121 Å². The summed E-state index contributed by atoms with van der Waals surface area (Å²) in [7, 11) is 0. The van der Waals surface area contributed by atoms with Crippen LogP contribution in [0.25, 0.3) is 0 Å². The number of rotatable bonds is 7. The van der Waals surface area contributed by atoms with Crippen molar-refractivity contribution in [2.24, 2.45) is 0 Å². The quantitative estimate of drug-likeness (QED) is 0.797. The van der Waals surface area contributed by atoms with E-state index in [9.17, 15) is 9.18 Å². The van der Waals surface area contributed by atoms with E-state index in [2.05, 4.69) is 25.9 Å². The Bertz CT molecular complexity index is 586. The lowest BCUT2D eigenvalue weighted by Crippen LogP contribution is -2.28. The highest BCUT2D eigenvalue weighted by atomic mass is 19.1. The molecule has 2 aromatic rings. The van der Waals surface area contributed by atoms with Gasteiger partial charge in [-0.2, -0.15) is 0 Å². The molecule has 0 spiro atoms. The molecule has 0 atom stereocenters. The summed E-state index contributed by atoms with van der Waals surface area (Å²) in [5.41, 5.74) is -0.0257. The van der Waals surface area contributed by atoms with E-state index < -0.39 is 11.7 Å². The highest BCUT2D eigenvalue weighted by Gasteiger charge is 2.15. The molecule has 0 saturated carbocycles. The molecule has 0 bridgehead atoms. The van der Waals surface area contributed by atoms with E-state index in [4.69, 9.17) is 0 Å². The number of hydrogen-bond acceptors (Lipinski definition) is 5. The number of nitrogens with one attached hydrogen (secondary N) is 2. The molecule has 21 heavy (non-hydrogen) atoms. The first-order valence-corrected chi connectivity index (χ1v) is 6.73. The number of hydrogen-bond donors (Lipinski definition) is 2. The van der Waals surface area contributed by atoms with Crippen LogP contribution in [0.1, 0.15) is 23.7 Å². The third kappa shape index (κ3) is 3.98. The summed E-state index contributed by atoms with van der Waals surface area (Å²) in [6.45, 7) is 3.37. The Morgan fingerprint density at radius 1 is 1.38 bits per heavy atom. The molecule has 2 N–H and O–H groups in total. The molecular formula is C13H17FN6O. The molecule has 0 radical (unpaired) electrons. The largest absolute Gasteiger partial charge is 0.368 e. The maximum Gasteiger partial charge on any atom is 0.254 e. The normalized spacial score (nSPS) is 10.4. The van der Waals surface area contributed by atoms with Crippen LogP contribution in [0.5, 0.6) is 0 Å². The zero-order valence-electron chi connectivity index (χ0n) is 11.7. The zero-order chi connectivity index (χ0) is 15.1. The number of pyridine rings is 1. The van der Waals surface area contributed by atoms with Crippen LogP contribution >= 0.6 is 0 Å². The van der Waals surface area contributed by atoms with Crippen LogP contribution in [0.15, 0.2) is 24.7 Å². The van der Waals surface area contributed by atoms with Gasteiger partial charge in [0.25, 0.3) is 5.91 Å². The van der Waals surface area contributed by atoms with Gasteiger partial charge in [0.2, 0.25) is 0 Å². The monoisotopic (exact) mass is 292 g/mol. The van der Waals surface area contributed by atoms with Crippen LogP contribution in [0.2, 0.25) is 0 Å². The van der Waals surface area contributed by atoms with Crippen molar-refractivity contribution in [2.45, 2.75) is 19.9 Å². The minimum absolute atomic E-state index is 0.0257. The van der Waals surface area contributed by atoms with E-state index in [0.29, 0.717) is 19.6 Å². The van der Waals surface area contributed by atoms with E-state index in [0.717, 1.165) is 6.42 Å². The summed E-state index contributed by atoms with van der Waals surface area (Å²) in [4.78, 5) is 15.9. The Balaban J connectivity index is 1.95. The standard InChI is InChI=1S/C13H17FN6O/c1-2-4-15-12-11(14)10(3-5-16-12)13(21)17-6-8-20-9-7-18-19-20/h3,5,7,9H,2,4,6,8H2,1H3,(H,15,16)(H,17,21). The van der Waals surface area contributed by atoms with Crippen molar-refractivity contribution < 1.29 is 9.18 Å². The number of carbonyl (C=O) groups is 1.